The maximum atomic E-state index is 12.0. The largest absolute Gasteiger partial charge is 0.347 e. The Morgan fingerprint density at radius 1 is 1.53 bits per heavy atom. The van der Waals surface area contributed by atoms with Gasteiger partial charge < -0.3 is 5.32 Å². The van der Waals surface area contributed by atoms with E-state index in [2.05, 4.69) is 17.2 Å². The molecule has 0 bridgehead atoms. The van der Waals surface area contributed by atoms with Gasteiger partial charge in [-0.25, -0.2) is 0 Å². The summed E-state index contributed by atoms with van der Waals surface area (Å²) in [5.74, 6) is -0.166. The second-order valence-electron chi connectivity index (χ2n) is 4.89. The van der Waals surface area contributed by atoms with E-state index in [4.69, 9.17) is 11.6 Å². The number of rotatable bonds is 4. The third kappa shape index (κ3) is 4.00. The first-order chi connectivity index (χ1) is 7.85. The van der Waals surface area contributed by atoms with E-state index in [-0.39, 0.29) is 11.4 Å². The molecule has 3 nitrogen and oxygen atoms in total. The summed E-state index contributed by atoms with van der Waals surface area (Å²) in [6.45, 7) is 7.94. The number of aryl methyl sites for hydroxylation is 1. The molecular weight excluding hydrogens is 236 g/mol. The predicted octanol–water partition coefficient (Wildman–Crippen LogP) is 3.35. The number of hydrogen-bond donors (Lipinski definition) is 1. The number of carbonyl (C=O) groups excluding carboxylic acids is 1. The molecule has 0 aliphatic rings. The highest BCUT2D eigenvalue weighted by Gasteiger charge is 2.21. The number of carbonyl (C=O) groups is 1. The van der Waals surface area contributed by atoms with Crippen LogP contribution in [0.4, 0.5) is 0 Å². The van der Waals surface area contributed by atoms with Crippen LogP contribution in [-0.4, -0.2) is 16.4 Å². The van der Waals surface area contributed by atoms with Crippen LogP contribution < -0.4 is 5.32 Å². The van der Waals surface area contributed by atoms with Crippen LogP contribution in [0, 0.1) is 6.92 Å². The van der Waals surface area contributed by atoms with E-state index in [1.54, 1.807) is 6.07 Å². The zero-order valence-corrected chi connectivity index (χ0v) is 11.6. The standard InChI is InChI=1S/C13H19ClN2O/c1-5-6-13(3,4)16-12(17)10-8-15-9(2)7-11(10)14/h7-8H,5-6H2,1-4H3,(H,16,17). The molecule has 0 aromatic carbocycles. The molecule has 4 heteroatoms. The zero-order valence-electron chi connectivity index (χ0n) is 10.8. The fraction of sp³-hybridized carbons (Fsp3) is 0.538. The van der Waals surface area contributed by atoms with Gasteiger partial charge in [0.25, 0.3) is 5.91 Å². The summed E-state index contributed by atoms with van der Waals surface area (Å²) < 4.78 is 0. The number of nitrogens with one attached hydrogen (secondary N) is 1. The van der Waals surface area contributed by atoms with Gasteiger partial charge in [-0.15, -0.1) is 0 Å². The molecule has 0 aliphatic carbocycles. The van der Waals surface area contributed by atoms with Gasteiger partial charge in [-0.2, -0.15) is 0 Å². The third-order valence-electron chi connectivity index (χ3n) is 2.56. The number of pyridine rings is 1. The van der Waals surface area contributed by atoms with Crippen molar-refractivity contribution in [3.05, 3.63) is 28.5 Å². The smallest absolute Gasteiger partial charge is 0.254 e. The van der Waals surface area contributed by atoms with E-state index in [9.17, 15) is 4.79 Å². The second kappa shape index (κ2) is 5.50. The highest BCUT2D eigenvalue weighted by molar-refractivity contribution is 6.33. The Morgan fingerprint density at radius 3 is 2.71 bits per heavy atom. The average Bonchev–Trinajstić information content (AvgIpc) is 2.15. The van der Waals surface area contributed by atoms with E-state index in [0.717, 1.165) is 18.5 Å². The van der Waals surface area contributed by atoms with Crippen molar-refractivity contribution in [2.45, 2.75) is 46.1 Å². The molecule has 0 spiro atoms. The minimum atomic E-state index is -0.222. The quantitative estimate of drug-likeness (QED) is 0.895. The molecule has 0 saturated carbocycles. The second-order valence-corrected chi connectivity index (χ2v) is 5.30. The molecule has 1 heterocycles. The van der Waals surface area contributed by atoms with Crippen molar-refractivity contribution in [2.75, 3.05) is 0 Å². The minimum Gasteiger partial charge on any atom is -0.347 e. The Labute approximate surface area is 108 Å². The fourth-order valence-electron chi connectivity index (χ4n) is 1.76. The Kier molecular flexibility index (Phi) is 4.52. The topological polar surface area (TPSA) is 42.0 Å². The van der Waals surface area contributed by atoms with Crippen molar-refractivity contribution in [1.82, 2.24) is 10.3 Å². The lowest BCUT2D eigenvalue weighted by Gasteiger charge is -2.25. The Bertz CT molecular complexity index is 416. The van der Waals surface area contributed by atoms with Crippen molar-refractivity contribution in [2.24, 2.45) is 0 Å². The van der Waals surface area contributed by atoms with Gasteiger partial charge in [0, 0.05) is 17.4 Å². The van der Waals surface area contributed by atoms with Crippen LogP contribution in [0.25, 0.3) is 0 Å². The maximum absolute atomic E-state index is 12.0. The van der Waals surface area contributed by atoms with Crippen LogP contribution in [0.3, 0.4) is 0 Å². The van der Waals surface area contributed by atoms with Gasteiger partial charge in [-0.1, -0.05) is 24.9 Å². The first-order valence-corrected chi connectivity index (χ1v) is 6.18. The zero-order chi connectivity index (χ0) is 13.1. The van der Waals surface area contributed by atoms with E-state index in [1.165, 1.54) is 6.20 Å². The van der Waals surface area contributed by atoms with E-state index in [0.29, 0.717) is 10.6 Å². The van der Waals surface area contributed by atoms with Crippen LogP contribution in [-0.2, 0) is 0 Å². The first-order valence-electron chi connectivity index (χ1n) is 5.80. The molecule has 0 saturated heterocycles. The SMILES string of the molecule is CCCC(C)(C)NC(=O)c1cnc(C)cc1Cl. The molecule has 0 radical (unpaired) electrons. The first kappa shape index (κ1) is 14.0. The molecule has 0 fully saturated rings. The van der Waals surface area contributed by atoms with Gasteiger partial charge in [0.2, 0.25) is 0 Å². The summed E-state index contributed by atoms with van der Waals surface area (Å²) in [5.41, 5.74) is 1.01. The van der Waals surface area contributed by atoms with Crippen molar-refractivity contribution in [1.29, 1.82) is 0 Å². The highest BCUT2D eigenvalue weighted by Crippen LogP contribution is 2.18. The van der Waals surface area contributed by atoms with Gasteiger partial charge >= 0.3 is 0 Å². The highest BCUT2D eigenvalue weighted by atomic mass is 35.5. The summed E-state index contributed by atoms with van der Waals surface area (Å²) in [5, 5.41) is 3.42. The van der Waals surface area contributed by atoms with Gasteiger partial charge in [0.05, 0.1) is 10.6 Å². The molecule has 1 rings (SSSR count). The molecule has 0 aliphatic heterocycles. The Morgan fingerprint density at radius 2 is 2.18 bits per heavy atom. The van der Waals surface area contributed by atoms with E-state index in [1.807, 2.05) is 20.8 Å². The molecule has 1 aromatic rings. The number of nitrogens with zero attached hydrogens (tertiary/aromatic N) is 1. The number of amides is 1. The molecular formula is C13H19ClN2O. The lowest BCUT2D eigenvalue weighted by molar-refractivity contribution is 0.0909. The fourth-order valence-corrected chi connectivity index (χ4v) is 2.05. The average molecular weight is 255 g/mol. The monoisotopic (exact) mass is 254 g/mol. The summed E-state index contributed by atoms with van der Waals surface area (Å²) in [6.07, 6.45) is 3.47. The van der Waals surface area contributed by atoms with E-state index >= 15 is 0 Å². The maximum Gasteiger partial charge on any atom is 0.254 e. The van der Waals surface area contributed by atoms with Crippen LogP contribution in [0.1, 0.15) is 49.7 Å². The van der Waals surface area contributed by atoms with Crippen LogP contribution in [0.15, 0.2) is 12.3 Å². The number of hydrogen-bond acceptors (Lipinski definition) is 2. The number of aromatic nitrogens is 1. The van der Waals surface area contributed by atoms with Crippen LogP contribution >= 0.6 is 11.6 Å². The van der Waals surface area contributed by atoms with Crippen LogP contribution in [0.5, 0.6) is 0 Å². The van der Waals surface area contributed by atoms with Gasteiger partial charge in [-0.05, 0) is 33.3 Å². The normalized spacial score (nSPS) is 11.4. The van der Waals surface area contributed by atoms with Crippen LogP contribution in [0.2, 0.25) is 5.02 Å². The molecule has 0 unspecified atom stereocenters. The molecule has 1 N–H and O–H groups in total. The van der Waals surface area contributed by atoms with Crippen molar-refractivity contribution in [3.8, 4) is 0 Å². The lowest BCUT2D eigenvalue weighted by atomic mass is 9.98. The Balaban J connectivity index is 2.83. The van der Waals surface area contributed by atoms with Crippen molar-refractivity contribution < 1.29 is 4.79 Å². The summed E-state index contributed by atoms with van der Waals surface area (Å²) >= 11 is 6.03. The lowest BCUT2D eigenvalue weighted by Crippen LogP contribution is -2.43. The third-order valence-corrected chi connectivity index (χ3v) is 2.87. The van der Waals surface area contributed by atoms with Gasteiger partial charge in [0.15, 0.2) is 0 Å². The molecule has 1 amide bonds. The molecule has 1 aromatic heterocycles. The van der Waals surface area contributed by atoms with Crippen molar-refractivity contribution in [3.63, 3.8) is 0 Å². The van der Waals surface area contributed by atoms with Gasteiger partial charge in [-0.3, -0.25) is 9.78 Å². The predicted molar refractivity (Wildman–Crippen MR) is 70.4 cm³/mol. The molecule has 94 valence electrons. The minimum absolute atomic E-state index is 0.166. The molecule has 0 atom stereocenters. The molecule has 17 heavy (non-hydrogen) atoms. The van der Waals surface area contributed by atoms with Crippen molar-refractivity contribution >= 4 is 17.5 Å². The van der Waals surface area contributed by atoms with Gasteiger partial charge in [0.1, 0.15) is 0 Å². The number of halogens is 1. The summed E-state index contributed by atoms with van der Waals surface area (Å²) in [7, 11) is 0. The Hall–Kier alpha value is -1.09. The summed E-state index contributed by atoms with van der Waals surface area (Å²) in [4.78, 5) is 16.1. The van der Waals surface area contributed by atoms with E-state index < -0.39 is 0 Å². The summed E-state index contributed by atoms with van der Waals surface area (Å²) in [6, 6.07) is 1.70.